The number of carbonyl (C=O) groups is 1. The number of rotatable bonds is 10. The fourth-order valence-corrected chi connectivity index (χ4v) is 2.85. The lowest BCUT2D eigenvalue weighted by molar-refractivity contribution is 0.0951. The molecule has 0 aliphatic carbocycles. The number of ether oxygens (including phenoxy) is 1. The van der Waals surface area contributed by atoms with Crippen LogP contribution in [0.4, 0.5) is 0 Å². The number of hydrogen-bond acceptors (Lipinski definition) is 4. The molecule has 0 radical (unpaired) electrons. The van der Waals surface area contributed by atoms with Gasteiger partial charge in [0.1, 0.15) is 5.75 Å². The normalized spacial score (nSPS) is 11.3. The molecule has 30 heavy (non-hydrogen) atoms. The van der Waals surface area contributed by atoms with Crippen LogP contribution in [-0.2, 0) is 13.1 Å². The average Bonchev–Trinajstić information content (AvgIpc) is 2.75. The van der Waals surface area contributed by atoms with Crippen LogP contribution in [0.15, 0.2) is 53.5 Å². The van der Waals surface area contributed by atoms with Crippen LogP contribution in [0, 0.1) is 0 Å². The first-order chi connectivity index (χ1) is 14.5. The third-order valence-electron chi connectivity index (χ3n) is 4.44. The van der Waals surface area contributed by atoms with E-state index in [-0.39, 0.29) is 5.91 Å². The van der Waals surface area contributed by atoms with Gasteiger partial charge in [0.25, 0.3) is 5.91 Å². The zero-order valence-corrected chi connectivity index (χ0v) is 18.4. The van der Waals surface area contributed by atoms with Crippen LogP contribution in [0.1, 0.15) is 28.4 Å². The van der Waals surface area contributed by atoms with Crippen LogP contribution in [0.2, 0.25) is 0 Å². The number of amides is 1. The number of hydrogen-bond donors (Lipinski definition) is 3. The van der Waals surface area contributed by atoms with Gasteiger partial charge in [0.2, 0.25) is 0 Å². The molecule has 0 bridgehead atoms. The monoisotopic (exact) mass is 411 g/mol. The summed E-state index contributed by atoms with van der Waals surface area (Å²) in [6.07, 6.45) is 0. The van der Waals surface area contributed by atoms with Crippen molar-refractivity contribution in [3.63, 3.8) is 0 Å². The third kappa shape index (κ3) is 7.75. The molecular formula is C23H33N5O2. The highest BCUT2D eigenvalue weighted by atomic mass is 16.5. The van der Waals surface area contributed by atoms with Crippen molar-refractivity contribution < 1.29 is 9.53 Å². The summed E-state index contributed by atoms with van der Waals surface area (Å²) in [5.41, 5.74) is 2.68. The molecule has 2 aromatic rings. The van der Waals surface area contributed by atoms with Crippen LogP contribution < -0.4 is 20.7 Å². The summed E-state index contributed by atoms with van der Waals surface area (Å²) < 4.78 is 5.40. The number of benzene rings is 2. The molecule has 3 N–H and O–H groups in total. The van der Waals surface area contributed by atoms with E-state index in [0.29, 0.717) is 31.2 Å². The maximum absolute atomic E-state index is 12.3. The minimum atomic E-state index is -0.0658. The van der Waals surface area contributed by atoms with Gasteiger partial charge in [-0.15, -0.1) is 0 Å². The second kappa shape index (κ2) is 12.5. The van der Waals surface area contributed by atoms with E-state index in [0.717, 1.165) is 30.0 Å². The Balaban J connectivity index is 1.99. The Morgan fingerprint density at radius 1 is 1.07 bits per heavy atom. The molecule has 2 aromatic carbocycles. The van der Waals surface area contributed by atoms with E-state index in [1.807, 2.05) is 74.4 Å². The molecular weight excluding hydrogens is 378 g/mol. The summed E-state index contributed by atoms with van der Waals surface area (Å²) in [4.78, 5) is 19.0. The first-order valence-electron chi connectivity index (χ1n) is 10.2. The maximum Gasteiger partial charge on any atom is 0.251 e. The Hall–Kier alpha value is -3.06. The van der Waals surface area contributed by atoms with Gasteiger partial charge in [0, 0.05) is 37.3 Å². The molecule has 0 aromatic heterocycles. The van der Waals surface area contributed by atoms with E-state index < -0.39 is 0 Å². The maximum atomic E-state index is 12.3. The number of nitrogens with zero attached hydrogens (tertiary/aromatic N) is 2. The van der Waals surface area contributed by atoms with Crippen molar-refractivity contribution in [2.45, 2.75) is 20.0 Å². The summed E-state index contributed by atoms with van der Waals surface area (Å²) in [7, 11) is 5.63. The predicted molar refractivity (Wildman–Crippen MR) is 122 cm³/mol. The van der Waals surface area contributed by atoms with Crippen LogP contribution >= 0.6 is 0 Å². The zero-order chi connectivity index (χ0) is 21.8. The van der Waals surface area contributed by atoms with Crippen LogP contribution in [0.5, 0.6) is 5.75 Å². The standard InChI is InChI=1S/C23H33N5O2/c1-5-24-23(27-17-20-10-6-7-12-21(20)30-4)26-16-18-9-8-11-19(15-18)22(29)25-13-14-28(2)3/h6-12,15H,5,13-14,16-17H2,1-4H3,(H,25,29)(H2,24,26,27). The van der Waals surface area contributed by atoms with Crippen LogP contribution in [-0.4, -0.2) is 57.6 Å². The summed E-state index contributed by atoms with van der Waals surface area (Å²) in [6, 6.07) is 15.5. The van der Waals surface area contributed by atoms with E-state index in [4.69, 9.17) is 4.74 Å². The first-order valence-corrected chi connectivity index (χ1v) is 10.2. The fourth-order valence-electron chi connectivity index (χ4n) is 2.85. The van der Waals surface area contributed by atoms with E-state index in [9.17, 15) is 4.79 Å². The highest BCUT2D eigenvalue weighted by Crippen LogP contribution is 2.16. The topological polar surface area (TPSA) is 78.0 Å². The Morgan fingerprint density at radius 3 is 2.60 bits per heavy atom. The van der Waals surface area contributed by atoms with Gasteiger partial charge < -0.3 is 25.6 Å². The average molecular weight is 412 g/mol. The minimum Gasteiger partial charge on any atom is -0.496 e. The predicted octanol–water partition coefficient (Wildman–Crippen LogP) is 2.24. The summed E-state index contributed by atoms with van der Waals surface area (Å²) in [5.74, 6) is 1.49. The Labute approximate surface area is 179 Å². The molecule has 0 aliphatic heterocycles. The van der Waals surface area contributed by atoms with Gasteiger partial charge in [0.05, 0.1) is 13.7 Å². The molecule has 2 rings (SSSR count). The van der Waals surface area contributed by atoms with Gasteiger partial charge in [-0.1, -0.05) is 30.3 Å². The largest absolute Gasteiger partial charge is 0.496 e. The van der Waals surface area contributed by atoms with E-state index in [1.54, 1.807) is 7.11 Å². The van der Waals surface area contributed by atoms with Crippen molar-refractivity contribution in [2.24, 2.45) is 4.99 Å². The van der Waals surface area contributed by atoms with E-state index in [2.05, 4.69) is 20.9 Å². The Bertz CT molecular complexity index is 836. The molecule has 0 heterocycles. The lowest BCUT2D eigenvalue weighted by atomic mass is 10.1. The molecule has 162 valence electrons. The Morgan fingerprint density at radius 2 is 1.87 bits per heavy atom. The number of carbonyl (C=O) groups excluding carboxylic acids is 1. The highest BCUT2D eigenvalue weighted by Gasteiger charge is 2.07. The highest BCUT2D eigenvalue weighted by molar-refractivity contribution is 5.94. The van der Waals surface area contributed by atoms with Gasteiger partial charge >= 0.3 is 0 Å². The van der Waals surface area contributed by atoms with Gasteiger partial charge in [0.15, 0.2) is 5.96 Å². The van der Waals surface area contributed by atoms with Gasteiger partial charge in [-0.25, -0.2) is 4.99 Å². The molecule has 0 spiro atoms. The molecule has 0 atom stereocenters. The lowest BCUT2D eigenvalue weighted by Gasteiger charge is -2.13. The second-order valence-electron chi connectivity index (χ2n) is 7.12. The Kier molecular flexibility index (Phi) is 9.67. The van der Waals surface area contributed by atoms with Crippen LogP contribution in [0.25, 0.3) is 0 Å². The zero-order valence-electron chi connectivity index (χ0n) is 18.4. The second-order valence-corrected chi connectivity index (χ2v) is 7.12. The molecule has 7 nitrogen and oxygen atoms in total. The van der Waals surface area contributed by atoms with Crippen molar-refractivity contribution in [3.05, 3.63) is 65.2 Å². The molecule has 0 unspecified atom stereocenters. The summed E-state index contributed by atoms with van der Waals surface area (Å²) in [5, 5.41) is 9.52. The van der Waals surface area contributed by atoms with Gasteiger partial charge in [-0.05, 0) is 44.8 Å². The summed E-state index contributed by atoms with van der Waals surface area (Å²) >= 11 is 0. The molecule has 1 amide bonds. The van der Waals surface area contributed by atoms with E-state index in [1.165, 1.54) is 0 Å². The van der Waals surface area contributed by atoms with E-state index >= 15 is 0 Å². The van der Waals surface area contributed by atoms with Crippen molar-refractivity contribution in [1.29, 1.82) is 0 Å². The number of nitrogens with one attached hydrogen (secondary N) is 3. The quantitative estimate of drug-likeness (QED) is 0.413. The molecule has 0 fully saturated rings. The molecule has 0 saturated carbocycles. The van der Waals surface area contributed by atoms with Crippen LogP contribution in [0.3, 0.4) is 0 Å². The molecule has 0 aliphatic rings. The first kappa shape index (κ1) is 23.2. The number of para-hydroxylation sites is 1. The third-order valence-corrected chi connectivity index (χ3v) is 4.44. The van der Waals surface area contributed by atoms with Crippen molar-refractivity contribution in [1.82, 2.24) is 20.9 Å². The lowest BCUT2D eigenvalue weighted by Crippen LogP contribution is -2.36. The fraction of sp³-hybridized carbons (Fsp3) is 0.391. The SMILES string of the molecule is CCNC(=NCc1cccc(C(=O)NCCN(C)C)c1)NCc1ccccc1OC. The van der Waals surface area contributed by atoms with Gasteiger partial charge in [-0.2, -0.15) is 0 Å². The molecule has 7 heteroatoms. The smallest absolute Gasteiger partial charge is 0.251 e. The number of likely N-dealkylation sites (N-methyl/N-ethyl adjacent to an activating group) is 1. The summed E-state index contributed by atoms with van der Waals surface area (Å²) in [6.45, 7) is 5.28. The number of guanidine groups is 1. The minimum absolute atomic E-state index is 0.0658. The van der Waals surface area contributed by atoms with Crippen molar-refractivity contribution in [3.8, 4) is 5.75 Å². The molecule has 0 saturated heterocycles. The number of methoxy groups -OCH3 is 1. The number of aliphatic imine (C=N–C) groups is 1. The van der Waals surface area contributed by atoms with Crippen molar-refractivity contribution in [2.75, 3.05) is 40.8 Å². The van der Waals surface area contributed by atoms with Gasteiger partial charge in [-0.3, -0.25) is 4.79 Å². The van der Waals surface area contributed by atoms with Crippen molar-refractivity contribution >= 4 is 11.9 Å².